The topological polar surface area (TPSA) is 33.0 Å². The standard InChI is InChI=1S/C13H13BrClNO/c14-11-2-1-10(12(15)7-11)8-13(9-16)3-5-17-6-4-13/h1-2,7H,3-6,8H2. The van der Waals surface area contributed by atoms with Gasteiger partial charge in [-0.1, -0.05) is 33.6 Å². The number of rotatable bonds is 2. The maximum absolute atomic E-state index is 9.39. The molecule has 0 bridgehead atoms. The molecule has 0 radical (unpaired) electrons. The molecule has 17 heavy (non-hydrogen) atoms. The summed E-state index contributed by atoms with van der Waals surface area (Å²) in [6, 6.07) is 8.28. The number of benzene rings is 1. The van der Waals surface area contributed by atoms with E-state index < -0.39 is 0 Å². The Morgan fingerprint density at radius 1 is 1.41 bits per heavy atom. The molecule has 0 spiro atoms. The van der Waals surface area contributed by atoms with Crippen LogP contribution in [0, 0.1) is 16.7 Å². The van der Waals surface area contributed by atoms with E-state index in [0.29, 0.717) is 19.6 Å². The summed E-state index contributed by atoms with van der Waals surface area (Å²) < 4.78 is 6.28. The lowest BCUT2D eigenvalue weighted by atomic mass is 9.76. The first-order valence-electron chi connectivity index (χ1n) is 5.58. The Bertz CT molecular complexity index is 449. The fraction of sp³-hybridized carbons (Fsp3) is 0.462. The van der Waals surface area contributed by atoms with Crippen LogP contribution in [-0.4, -0.2) is 13.2 Å². The molecule has 2 nitrogen and oxygen atoms in total. The van der Waals surface area contributed by atoms with Crippen LogP contribution in [0.3, 0.4) is 0 Å². The molecule has 1 aromatic carbocycles. The van der Waals surface area contributed by atoms with Gasteiger partial charge in [-0.05, 0) is 37.0 Å². The van der Waals surface area contributed by atoms with Crippen LogP contribution in [0.2, 0.25) is 5.02 Å². The van der Waals surface area contributed by atoms with Crippen LogP contribution in [0.5, 0.6) is 0 Å². The summed E-state index contributed by atoms with van der Waals surface area (Å²) in [6.45, 7) is 1.34. The highest BCUT2D eigenvalue weighted by Crippen LogP contribution is 2.36. The molecule has 1 aliphatic heterocycles. The van der Waals surface area contributed by atoms with Crippen molar-refractivity contribution in [2.75, 3.05) is 13.2 Å². The van der Waals surface area contributed by atoms with Crippen LogP contribution < -0.4 is 0 Å². The Morgan fingerprint density at radius 3 is 2.71 bits per heavy atom. The van der Waals surface area contributed by atoms with Crippen LogP contribution in [0.4, 0.5) is 0 Å². The van der Waals surface area contributed by atoms with Gasteiger partial charge in [-0.15, -0.1) is 0 Å². The normalized spacial score (nSPS) is 18.6. The van der Waals surface area contributed by atoms with E-state index in [9.17, 15) is 5.26 Å². The minimum absolute atomic E-state index is 0.310. The van der Waals surface area contributed by atoms with E-state index in [1.165, 1.54) is 0 Å². The quantitative estimate of drug-likeness (QED) is 0.827. The lowest BCUT2D eigenvalue weighted by molar-refractivity contribution is 0.0406. The van der Waals surface area contributed by atoms with E-state index in [-0.39, 0.29) is 5.41 Å². The number of nitrogens with zero attached hydrogens (tertiary/aromatic N) is 1. The Morgan fingerprint density at radius 2 is 2.12 bits per heavy atom. The van der Waals surface area contributed by atoms with Crippen molar-refractivity contribution < 1.29 is 4.74 Å². The predicted molar refractivity (Wildman–Crippen MR) is 71.0 cm³/mol. The summed E-state index contributed by atoms with van der Waals surface area (Å²) in [4.78, 5) is 0. The molecule has 1 aliphatic rings. The second-order valence-corrected chi connectivity index (χ2v) is 5.74. The second-order valence-electron chi connectivity index (χ2n) is 4.42. The van der Waals surface area contributed by atoms with Crippen molar-refractivity contribution in [3.8, 4) is 6.07 Å². The number of hydrogen-bond acceptors (Lipinski definition) is 2. The van der Waals surface area contributed by atoms with Crippen LogP contribution in [0.15, 0.2) is 22.7 Å². The Labute approximate surface area is 115 Å². The minimum Gasteiger partial charge on any atom is -0.381 e. The third kappa shape index (κ3) is 3.01. The molecule has 90 valence electrons. The molecule has 0 saturated carbocycles. The third-order valence-electron chi connectivity index (χ3n) is 3.23. The fourth-order valence-electron chi connectivity index (χ4n) is 2.12. The maximum atomic E-state index is 9.39. The van der Waals surface area contributed by atoms with Gasteiger partial charge in [-0.25, -0.2) is 0 Å². The highest BCUT2D eigenvalue weighted by Gasteiger charge is 2.33. The zero-order chi connectivity index (χ0) is 12.3. The largest absolute Gasteiger partial charge is 0.381 e. The van der Waals surface area contributed by atoms with Gasteiger partial charge >= 0.3 is 0 Å². The smallest absolute Gasteiger partial charge is 0.0695 e. The Hall–Kier alpha value is -0.560. The third-order valence-corrected chi connectivity index (χ3v) is 4.08. The summed E-state index contributed by atoms with van der Waals surface area (Å²) in [6.07, 6.45) is 2.28. The van der Waals surface area contributed by atoms with E-state index >= 15 is 0 Å². The molecule has 1 saturated heterocycles. The second kappa shape index (κ2) is 5.39. The highest BCUT2D eigenvalue weighted by molar-refractivity contribution is 9.10. The number of halogens is 2. The van der Waals surface area contributed by atoms with E-state index in [4.69, 9.17) is 16.3 Å². The van der Waals surface area contributed by atoms with Gasteiger partial charge in [0.15, 0.2) is 0 Å². The monoisotopic (exact) mass is 313 g/mol. The fourth-order valence-corrected chi connectivity index (χ4v) is 2.86. The van der Waals surface area contributed by atoms with Crippen molar-refractivity contribution in [2.45, 2.75) is 19.3 Å². The highest BCUT2D eigenvalue weighted by atomic mass is 79.9. The van der Waals surface area contributed by atoms with E-state index in [1.54, 1.807) is 0 Å². The van der Waals surface area contributed by atoms with Crippen molar-refractivity contribution in [3.63, 3.8) is 0 Å². The molecule has 1 aromatic rings. The van der Waals surface area contributed by atoms with Crippen molar-refractivity contribution in [2.24, 2.45) is 5.41 Å². The van der Waals surface area contributed by atoms with Crippen LogP contribution in [0.1, 0.15) is 18.4 Å². The molecule has 1 fully saturated rings. The zero-order valence-corrected chi connectivity index (χ0v) is 11.7. The van der Waals surface area contributed by atoms with Gasteiger partial charge in [-0.3, -0.25) is 0 Å². The summed E-state index contributed by atoms with van der Waals surface area (Å²) in [7, 11) is 0. The molecule has 0 atom stereocenters. The molecule has 4 heteroatoms. The lowest BCUT2D eigenvalue weighted by Crippen LogP contribution is -2.30. The molecule has 0 N–H and O–H groups in total. The SMILES string of the molecule is N#CC1(Cc2ccc(Br)cc2Cl)CCOCC1. The van der Waals surface area contributed by atoms with Gasteiger partial charge < -0.3 is 4.74 Å². The van der Waals surface area contributed by atoms with E-state index in [2.05, 4.69) is 22.0 Å². The lowest BCUT2D eigenvalue weighted by Gasteiger charge is -2.31. The summed E-state index contributed by atoms with van der Waals surface area (Å²) >= 11 is 9.58. The number of ether oxygens (including phenoxy) is 1. The predicted octanol–water partition coefficient (Wildman–Crippen LogP) is 3.97. The van der Waals surface area contributed by atoms with Crippen LogP contribution in [0.25, 0.3) is 0 Å². The molecule has 0 unspecified atom stereocenters. The first kappa shape index (κ1) is 12.9. The van der Waals surface area contributed by atoms with Crippen molar-refractivity contribution in [3.05, 3.63) is 33.3 Å². The molecule has 0 aromatic heterocycles. The molecule has 1 heterocycles. The van der Waals surface area contributed by atoms with Crippen molar-refractivity contribution >= 4 is 27.5 Å². The van der Waals surface area contributed by atoms with E-state index in [1.807, 2.05) is 18.2 Å². The van der Waals surface area contributed by atoms with Gasteiger partial charge in [0.05, 0.1) is 11.5 Å². The first-order valence-corrected chi connectivity index (χ1v) is 6.75. The average Bonchev–Trinajstić information content (AvgIpc) is 2.34. The van der Waals surface area contributed by atoms with Gasteiger partial charge in [0, 0.05) is 22.7 Å². The van der Waals surface area contributed by atoms with Crippen LogP contribution in [-0.2, 0) is 11.2 Å². The van der Waals surface area contributed by atoms with Crippen molar-refractivity contribution in [1.29, 1.82) is 5.26 Å². The first-order chi connectivity index (χ1) is 8.15. The maximum Gasteiger partial charge on any atom is 0.0695 e. The summed E-state index contributed by atoms with van der Waals surface area (Å²) in [5, 5.41) is 10.1. The number of hydrogen-bond donors (Lipinski definition) is 0. The van der Waals surface area contributed by atoms with Crippen molar-refractivity contribution in [1.82, 2.24) is 0 Å². The molecular weight excluding hydrogens is 302 g/mol. The molecule has 0 amide bonds. The molecule has 2 rings (SSSR count). The molecule has 0 aliphatic carbocycles. The minimum atomic E-state index is -0.310. The van der Waals surface area contributed by atoms with E-state index in [0.717, 1.165) is 27.9 Å². The van der Waals surface area contributed by atoms with Gasteiger partial charge in [0.2, 0.25) is 0 Å². The van der Waals surface area contributed by atoms with Gasteiger partial charge in [0.25, 0.3) is 0 Å². The van der Waals surface area contributed by atoms with Gasteiger partial charge in [-0.2, -0.15) is 5.26 Å². The zero-order valence-electron chi connectivity index (χ0n) is 9.38. The summed E-state index contributed by atoms with van der Waals surface area (Å²) in [5.74, 6) is 0. The average molecular weight is 315 g/mol. The molecular formula is C13H13BrClNO. The summed E-state index contributed by atoms with van der Waals surface area (Å²) in [5.41, 5.74) is 0.730. The number of nitriles is 1. The van der Waals surface area contributed by atoms with Crippen LogP contribution >= 0.6 is 27.5 Å². The van der Waals surface area contributed by atoms with Gasteiger partial charge in [0.1, 0.15) is 0 Å². The Kier molecular flexibility index (Phi) is 4.09. The Balaban J connectivity index is 2.21.